The van der Waals surface area contributed by atoms with Crippen molar-refractivity contribution in [2.45, 2.75) is 51.6 Å². The van der Waals surface area contributed by atoms with Crippen LogP contribution >= 0.6 is 0 Å². The van der Waals surface area contributed by atoms with E-state index in [-0.39, 0.29) is 17.4 Å². The molecule has 4 rings (SSSR count). The van der Waals surface area contributed by atoms with Crippen LogP contribution in [0, 0.1) is 5.92 Å². The number of benzene rings is 1. The average molecular weight is 400 g/mol. The Morgan fingerprint density at radius 1 is 1.17 bits per heavy atom. The molecule has 2 heterocycles. The van der Waals surface area contributed by atoms with E-state index in [0.717, 1.165) is 45.7 Å². The highest BCUT2D eigenvalue weighted by molar-refractivity contribution is 5.77. The van der Waals surface area contributed by atoms with Crippen molar-refractivity contribution < 1.29 is 14.3 Å². The van der Waals surface area contributed by atoms with Gasteiger partial charge in [0.05, 0.1) is 0 Å². The zero-order valence-electron chi connectivity index (χ0n) is 18.1. The quantitative estimate of drug-likeness (QED) is 0.783. The topological polar surface area (TPSA) is 53.1 Å². The fourth-order valence-electron chi connectivity index (χ4n) is 4.86. The van der Waals surface area contributed by atoms with Crippen LogP contribution in [-0.4, -0.2) is 66.7 Å². The van der Waals surface area contributed by atoms with Gasteiger partial charge in [0.2, 0.25) is 5.91 Å². The summed E-state index contributed by atoms with van der Waals surface area (Å²) in [6.07, 6.45) is 1.53. The van der Waals surface area contributed by atoms with E-state index < -0.39 is 5.60 Å². The highest BCUT2D eigenvalue weighted by Crippen LogP contribution is 2.59. The van der Waals surface area contributed by atoms with Gasteiger partial charge in [0.25, 0.3) is 0 Å². The largest absolute Gasteiger partial charge is 0.444 e. The molecule has 2 saturated heterocycles. The molecule has 0 radical (unpaired) electrons. The predicted octanol–water partition coefficient (Wildman–Crippen LogP) is 3.25. The number of fused-ring (bicyclic) bond motifs is 1. The van der Waals surface area contributed by atoms with E-state index in [0.29, 0.717) is 12.3 Å². The van der Waals surface area contributed by atoms with E-state index in [9.17, 15) is 9.59 Å². The number of anilines is 1. The maximum atomic E-state index is 12.4. The number of ether oxygens (including phenoxy) is 1. The monoisotopic (exact) mass is 399 g/mol. The Kier molecular flexibility index (Phi) is 4.99. The fraction of sp³-hybridized carbons (Fsp3) is 0.652. The zero-order valence-corrected chi connectivity index (χ0v) is 18.1. The molecule has 1 aromatic rings. The summed E-state index contributed by atoms with van der Waals surface area (Å²) in [6, 6.07) is 8.81. The fourth-order valence-corrected chi connectivity index (χ4v) is 4.86. The van der Waals surface area contributed by atoms with Gasteiger partial charge in [-0.1, -0.05) is 12.1 Å². The highest BCUT2D eigenvalue weighted by Gasteiger charge is 2.62. The highest BCUT2D eigenvalue weighted by atomic mass is 16.6. The normalized spacial score (nSPS) is 27.0. The Labute approximate surface area is 173 Å². The molecule has 3 fully saturated rings. The van der Waals surface area contributed by atoms with Gasteiger partial charge in [0.15, 0.2) is 0 Å². The van der Waals surface area contributed by atoms with Crippen molar-refractivity contribution in [2.75, 3.05) is 44.2 Å². The van der Waals surface area contributed by atoms with Crippen molar-refractivity contribution in [1.29, 1.82) is 0 Å². The minimum Gasteiger partial charge on any atom is -0.444 e. The van der Waals surface area contributed by atoms with Gasteiger partial charge in [0, 0.05) is 56.8 Å². The number of likely N-dealkylation sites (tertiary alicyclic amines) is 1. The van der Waals surface area contributed by atoms with Gasteiger partial charge in [0.1, 0.15) is 5.60 Å². The van der Waals surface area contributed by atoms with Gasteiger partial charge < -0.3 is 19.4 Å². The van der Waals surface area contributed by atoms with E-state index in [1.807, 2.05) is 37.5 Å². The average Bonchev–Trinajstić information content (AvgIpc) is 3.30. The maximum Gasteiger partial charge on any atom is 0.410 e. The number of likely N-dealkylation sites (N-methyl/N-ethyl adjacent to an activating group) is 1. The minimum absolute atomic E-state index is 0.100. The molecule has 6 heteroatoms. The second-order valence-electron chi connectivity index (χ2n) is 9.68. The number of hydrogen-bond donors (Lipinski definition) is 0. The molecule has 1 saturated carbocycles. The van der Waals surface area contributed by atoms with Crippen molar-refractivity contribution in [1.82, 2.24) is 9.80 Å². The zero-order chi connectivity index (χ0) is 20.8. The van der Waals surface area contributed by atoms with E-state index in [4.69, 9.17) is 4.74 Å². The van der Waals surface area contributed by atoms with Crippen LogP contribution in [0.1, 0.15) is 46.1 Å². The Balaban J connectivity index is 1.41. The van der Waals surface area contributed by atoms with Gasteiger partial charge in [-0.25, -0.2) is 4.79 Å². The molecule has 2 amide bonds. The first-order valence-electron chi connectivity index (χ1n) is 10.8. The van der Waals surface area contributed by atoms with Crippen molar-refractivity contribution in [3.8, 4) is 0 Å². The Hall–Kier alpha value is -2.24. The predicted molar refractivity (Wildman–Crippen MR) is 113 cm³/mol. The first-order valence-corrected chi connectivity index (χ1v) is 10.8. The standard InChI is InChI=1S/C23H33N3O3/c1-5-24-12-13-25(11-10-20(24)27)19-8-6-17(7-9-19)23-14-18(23)15-26(16-23)21(28)29-22(2,3)4/h6-9,18H,5,10-16H2,1-4H3. The van der Waals surface area contributed by atoms with Gasteiger partial charge >= 0.3 is 6.09 Å². The van der Waals surface area contributed by atoms with Crippen LogP contribution in [0.25, 0.3) is 0 Å². The molecule has 0 bridgehead atoms. The maximum absolute atomic E-state index is 12.4. The number of hydrogen-bond acceptors (Lipinski definition) is 4. The van der Waals surface area contributed by atoms with Gasteiger partial charge in [-0.3, -0.25) is 4.79 Å². The Morgan fingerprint density at radius 3 is 2.55 bits per heavy atom. The lowest BCUT2D eigenvalue weighted by atomic mass is 9.94. The van der Waals surface area contributed by atoms with Crippen LogP contribution in [0.2, 0.25) is 0 Å². The Bertz CT molecular complexity index is 786. The van der Waals surface area contributed by atoms with Crippen LogP contribution < -0.4 is 4.90 Å². The summed E-state index contributed by atoms with van der Waals surface area (Å²) >= 11 is 0. The molecule has 3 aliphatic rings. The molecule has 0 spiro atoms. The van der Waals surface area contributed by atoms with Crippen molar-refractivity contribution in [3.63, 3.8) is 0 Å². The van der Waals surface area contributed by atoms with Crippen LogP contribution in [-0.2, 0) is 14.9 Å². The van der Waals surface area contributed by atoms with E-state index in [1.165, 1.54) is 11.3 Å². The lowest BCUT2D eigenvalue weighted by Gasteiger charge is -2.27. The van der Waals surface area contributed by atoms with E-state index >= 15 is 0 Å². The molecule has 2 atom stereocenters. The van der Waals surface area contributed by atoms with Crippen LogP contribution in [0.3, 0.4) is 0 Å². The molecule has 2 aliphatic heterocycles. The third-order valence-electron chi connectivity index (χ3n) is 6.57. The Morgan fingerprint density at radius 2 is 1.90 bits per heavy atom. The first kappa shape index (κ1) is 20.0. The molecule has 1 aromatic carbocycles. The van der Waals surface area contributed by atoms with Crippen LogP contribution in [0.4, 0.5) is 10.5 Å². The van der Waals surface area contributed by atoms with Crippen molar-refractivity contribution >= 4 is 17.7 Å². The summed E-state index contributed by atoms with van der Waals surface area (Å²) in [7, 11) is 0. The van der Waals surface area contributed by atoms with Crippen molar-refractivity contribution in [2.24, 2.45) is 5.92 Å². The molecule has 0 aromatic heterocycles. The number of carbonyl (C=O) groups is 2. The molecule has 29 heavy (non-hydrogen) atoms. The summed E-state index contributed by atoms with van der Waals surface area (Å²) in [5.74, 6) is 0.786. The smallest absolute Gasteiger partial charge is 0.410 e. The SMILES string of the molecule is CCN1CCN(c2ccc(C34CC3CN(C(=O)OC(C)(C)C)C4)cc2)CCC1=O. The summed E-state index contributed by atoms with van der Waals surface area (Å²) < 4.78 is 5.56. The van der Waals surface area contributed by atoms with Gasteiger partial charge in [-0.2, -0.15) is 0 Å². The summed E-state index contributed by atoms with van der Waals surface area (Å²) in [4.78, 5) is 30.7. The third kappa shape index (κ3) is 3.94. The minimum atomic E-state index is -0.458. The van der Waals surface area contributed by atoms with E-state index in [1.54, 1.807) is 0 Å². The molecule has 6 nitrogen and oxygen atoms in total. The molecular weight excluding hydrogens is 366 g/mol. The van der Waals surface area contributed by atoms with E-state index in [2.05, 4.69) is 29.2 Å². The molecular formula is C23H33N3O3. The van der Waals surface area contributed by atoms with Gasteiger partial charge in [-0.15, -0.1) is 0 Å². The second kappa shape index (κ2) is 7.22. The number of amides is 2. The molecule has 158 valence electrons. The van der Waals surface area contributed by atoms with Crippen molar-refractivity contribution in [3.05, 3.63) is 29.8 Å². The summed E-state index contributed by atoms with van der Waals surface area (Å²) in [5, 5.41) is 0. The summed E-state index contributed by atoms with van der Waals surface area (Å²) in [5.41, 5.74) is 2.14. The van der Waals surface area contributed by atoms with Crippen LogP contribution in [0.15, 0.2) is 24.3 Å². The number of piperidine rings is 1. The van der Waals surface area contributed by atoms with Gasteiger partial charge in [-0.05, 0) is 57.7 Å². The molecule has 2 unspecified atom stereocenters. The lowest BCUT2D eigenvalue weighted by Crippen LogP contribution is -2.37. The third-order valence-corrected chi connectivity index (χ3v) is 6.57. The second-order valence-corrected chi connectivity index (χ2v) is 9.68. The molecule has 0 N–H and O–H groups in total. The number of rotatable bonds is 3. The first-order chi connectivity index (χ1) is 13.7. The lowest BCUT2D eigenvalue weighted by molar-refractivity contribution is -0.130. The number of carbonyl (C=O) groups excluding carboxylic acids is 2. The molecule has 1 aliphatic carbocycles. The summed E-state index contributed by atoms with van der Waals surface area (Å²) in [6.45, 7) is 12.5. The number of nitrogens with zero attached hydrogens (tertiary/aromatic N) is 3. The van der Waals surface area contributed by atoms with Crippen LogP contribution in [0.5, 0.6) is 0 Å².